The maximum atomic E-state index is 12.5. The summed E-state index contributed by atoms with van der Waals surface area (Å²) in [6, 6.07) is 12.1. The first-order valence-corrected chi connectivity index (χ1v) is 8.61. The van der Waals surface area contributed by atoms with Gasteiger partial charge in [0.05, 0.1) is 13.5 Å². The van der Waals surface area contributed by atoms with Gasteiger partial charge in [-0.25, -0.2) is 4.99 Å². The monoisotopic (exact) mass is 366 g/mol. The van der Waals surface area contributed by atoms with E-state index in [-0.39, 0.29) is 24.2 Å². The summed E-state index contributed by atoms with van der Waals surface area (Å²) in [6.07, 6.45) is 0.00443. The summed E-state index contributed by atoms with van der Waals surface area (Å²) in [5, 5.41) is 8.49. The average Bonchev–Trinajstić information content (AvgIpc) is 2.65. The average molecular weight is 366 g/mol. The molecule has 7 heteroatoms. The molecule has 0 radical (unpaired) electrons. The lowest BCUT2D eigenvalue weighted by atomic mass is 10.1. The molecule has 0 spiro atoms. The van der Waals surface area contributed by atoms with Crippen molar-refractivity contribution in [3.63, 3.8) is 0 Å². The molecule has 0 fully saturated rings. The number of rotatable bonds is 4. The van der Waals surface area contributed by atoms with Crippen molar-refractivity contribution in [1.29, 1.82) is 0 Å². The highest BCUT2D eigenvalue weighted by molar-refractivity contribution is 6.10. The number of aryl methyl sites for hydroxylation is 2. The molecule has 0 bridgehead atoms. The summed E-state index contributed by atoms with van der Waals surface area (Å²) in [4.78, 5) is 28.9. The highest BCUT2D eigenvalue weighted by Gasteiger charge is 2.27. The first-order valence-electron chi connectivity index (χ1n) is 8.61. The van der Waals surface area contributed by atoms with E-state index in [4.69, 9.17) is 4.74 Å². The van der Waals surface area contributed by atoms with E-state index in [0.29, 0.717) is 5.69 Å². The third-order valence-corrected chi connectivity index (χ3v) is 4.35. The smallest absolute Gasteiger partial charge is 0.249 e. The van der Waals surface area contributed by atoms with Crippen LogP contribution in [0.2, 0.25) is 0 Å². The number of ether oxygens (including phenoxy) is 1. The largest absolute Gasteiger partial charge is 0.497 e. The highest BCUT2D eigenvalue weighted by atomic mass is 16.5. The molecular formula is C20H22N4O3. The molecule has 0 saturated carbocycles. The van der Waals surface area contributed by atoms with Crippen LogP contribution in [0.25, 0.3) is 0 Å². The minimum absolute atomic E-state index is 0.00443. The SMILES string of the molecule is COc1ccc(NC2=N[C@H](C(=O)Nc3ccc(C)c(C)c3)CC(=O)N2)cc1. The molecule has 0 saturated heterocycles. The van der Waals surface area contributed by atoms with Gasteiger partial charge in [0, 0.05) is 11.4 Å². The van der Waals surface area contributed by atoms with Gasteiger partial charge in [-0.15, -0.1) is 0 Å². The van der Waals surface area contributed by atoms with Crippen molar-refractivity contribution >= 4 is 29.1 Å². The number of hydrogen-bond donors (Lipinski definition) is 3. The maximum Gasteiger partial charge on any atom is 0.249 e. The summed E-state index contributed by atoms with van der Waals surface area (Å²) in [7, 11) is 1.59. The molecule has 1 heterocycles. The zero-order valence-corrected chi connectivity index (χ0v) is 15.5. The van der Waals surface area contributed by atoms with Crippen LogP contribution in [0.4, 0.5) is 11.4 Å². The molecule has 1 atom stereocenters. The summed E-state index contributed by atoms with van der Waals surface area (Å²) >= 11 is 0. The fraction of sp³-hybridized carbons (Fsp3) is 0.250. The second-order valence-corrected chi connectivity index (χ2v) is 6.39. The number of methoxy groups -OCH3 is 1. The van der Waals surface area contributed by atoms with Crippen LogP contribution in [0.15, 0.2) is 47.5 Å². The fourth-order valence-electron chi connectivity index (χ4n) is 2.66. The van der Waals surface area contributed by atoms with Gasteiger partial charge in [0.15, 0.2) is 0 Å². The van der Waals surface area contributed by atoms with E-state index in [0.717, 1.165) is 22.6 Å². The molecule has 140 valence electrons. The van der Waals surface area contributed by atoms with Crippen molar-refractivity contribution in [3.8, 4) is 5.75 Å². The van der Waals surface area contributed by atoms with Crippen molar-refractivity contribution in [2.75, 3.05) is 17.7 Å². The molecule has 2 amide bonds. The Bertz CT molecular complexity index is 891. The number of aliphatic imine (C=N–C) groups is 1. The van der Waals surface area contributed by atoms with E-state index in [1.54, 1.807) is 31.4 Å². The van der Waals surface area contributed by atoms with Crippen molar-refractivity contribution in [2.45, 2.75) is 26.3 Å². The number of carbonyl (C=O) groups excluding carboxylic acids is 2. The molecule has 3 N–H and O–H groups in total. The van der Waals surface area contributed by atoms with Gasteiger partial charge < -0.3 is 15.4 Å². The van der Waals surface area contributed by atoms with E-state index >= 15 is 0 Å². The Balaban J connectivity index is 1.71. The van der Waals surface area contributed by atoms with Crippen LogP contribution < -0.4 is 20.7 Å². The van der Waals surface area contributed by atoms with Gasteiger partial charge in [-0.2, -0.15) is 0 Å². The number of benzene rings is 2. The van der Waals surface area contributed by atoms with E-state index < -0.39 is 6.04 Å². The summed E-state index contributed by atoms with van der Waals surface area (Å²) < 4.78 is 5.12. The number of anilines is 2. The van der Waals surface area contributed by atoms with Crippen LogP contribution in [0, 0.1) is 13.8 Å². The van der Waals surface area contributed by atoms with E-state index in [1.807, 2.05) is 32.0 Å². The van der Waals surface area contributed by atoms with Crippen LogP contribution in [0.1, 0.15) is 17.5 Å². The van der Waals surface area contributed by atoms with Crippen LogP contribution in [-0.2, 0) is 9.59 Å². The molecule has 0 aliphatic carbocycles. The molecule has 2 aromatic rings. The standard InChI is InChI=1S/C20H22N4O3/c1-12-4-5-15(10-13(12)2)21-19(26)17-11-18(25)24-20(23-17)22-14-6-8-16(27-3)9-7-14/h4-10,17H,11H2,1-3H3,(H,21,26)(H2,22,23,24,25)/t17-/m0/s1. The number of hydrogen-bond acceptors (Lipinski definition) is 5. The van der Waals surface area contributed by atoms with Gasteiger partial charge in [0.1, 0.15) is 11.8 Å². The molecule has 0 aromatic heterocycles. The first kappa shape index (κ1) is 18.4. The Kier molecular flexibility index (Phi) is 5.40. The van der Waals surface area contributed by atoms with Crippen molar-refractivity contribution in [1.82, 2.24) is 5.32 Å². The van der Waals surface area contributed by atoms with Gasteiger partial charge in [-0.3, -0.25) is 14.9 Å². The molecule has 2 aromatic carbocycles. The Morgan fingerprint density at radius 2 is 1.81 bits per heavy atom. The van der Waals surface area contributed by atoms with Crippen LogP contribution >= 0.6 is 0 Å². The second-order valence-electron chi connectivity index (χ2n) is 6.39. The minimum atomic E-state index is -0.791. The Hall–Kier alpha value is -3.35. The maximum absolute atomic E-state index is 12.5. The number of amides is 2. The number of guanidine groups is 1. The quantitative estimate of drug-likeness (QED) is 0.776. The predicted molar refractivity (Wildman–Crippen MR) is 105 cm³/mol. The Morgan fingerprint density at radius 1 is 1.11 bits per heavy atom. The molecule has 3 rings (SSSR count). The topological polar surface area (TPSA) is 91.8 Å². The molecule has 7 nitrogen and oxygen atoms in total. The lowest BCUT2D eigenvalue weighted by Crippen LogP contribution is -2.45. The summed E-state index contributed by atoms with van der Waals surface area (Å²) in [5.74, 6) is 0.390. The molecule has 0 unspecified atom stereocenters. The van der Waals surface area contributed by atoms with Crippen LogP contribution in [0.3, 0.4) is 0 Å². The van der Waals surface area contributed by atoms with Gasteiger partial charge in [0.25, 0.3) is 0 Å². The van der Waals surface area contributed by atoms with Gasteiger partial charge in [-0.05, 0) is 61.4 Å². The fourth-order valence-corrected chi connectivity index (χ4v) is 2.66. The lowest BCUT2D eigenvalue weighted by Gasteiger charge is -2.21. The predicted octanol–water partition coefficient (Wildman–Crippen LogP) is 2.61. The second kappa shape index (κ2) is 7.90. The van der Waals surface area contributed by atoms with Gasteiger partial charge in [0.2, 0.25) is 17.8 Å². The molecule has 1 aliphatic rings. The van der Waals surface area contributed by atoms with Crippen molar-refractivity contribution < 1.29 is 14.3 Å². The highest BCUT2D eigenvalue weighted by Crippen LogP contribution is 2.17. The normalized spacial score (nSPS) is 16.2. The third kappa shape index (κ3) is 4.63. The van der Waals surface area contributed by atoms with E-state index in [9.17, 15) is 9.59 Å². The lowest BCUT2D eigenvalue weighted by molar-refractivity contribution is -0.124. The third-order valence-electron chi connectivity index (χ3n) is 4.35. The molecule has 1 aliphatic heterocycles. The van der Waals surface area contributed by atoms with Gasteiger partial charge >= 0.3 is 0 Å². The summed E-state index contributed by atoms with van der Waals surface area (Å²) in [5.41, 5.74) is 3.65. The van der Waals surface area contributed by atoms with E-state index in [2.05, 4.69) is 20.9 Å². The van der Waals surface area contributed by atoms with Crippen molar-refractivity contribution in [2.24, 2.45) is 4.99 Å². The minimum Gasteiger partial charge on any atom is -0.497 e. The van der Waals surface area contributed by atoms with Crippen LogP contribution in [0.5, 0.6) is 5.75 Å². The molecular weight excluding hydrogens is 344 g/mol. The van der Waals surface area contributed by atoms with Crippen LogP contribution in [-0.4, -0.2) is 30.9 Å². The summed E-state index contributed by atoms with van der Waals surface area (Å²) in [6.45, 7) is 3.99. The molecule has 27 heavy (non-hydrogen) atoms. The zero-order chi connectivity index (χ0) is 19.4. The zero-order valence-electron chi connectivity index (χ0n) is 15.5. The Morgan fingerprint density at radius 3 is 2.48 bits per heavy atom. The van der Waals surface area contributed by atoms with Crippen molar-refractivity contribution in [3.05, 3.63) is 53.6 Å². The van der Waals surface area contributed by atoms with E-state index in [1.165, 1.54) is 0 Å². The Labute approximate surface area is 157 Å². The first-order chi connectivity index (χ1) is 12.9. The number of carbonyl (C=O) groups is 2. The number of nitrogens with one attached hydrogen (secondary N) is 3. The number of nitrogens with zero attached hydrogens (tertiary/aromatic N) is 1. The van der Waals surface area contributed by atoms with Gasteiger partial charge in [-0.1, -0.05) is 6.07 Å².